The third-order valence-corrected chi connectivity index (χ3v) is 1.50. The molecular formula is C7H16N4O2. The number of urea groups is 1. The molecule has 76 valence electrons. The Labute approximate surface area is 77.0 Å². The van der Waals surface area contributed by atoms with E-state index in [4.69, 9.17) is 11.5 Å². The summed E-state index contributed by atoms with van der Waals surface area (Å²) in [6.07, 6.45) is 0.592. The average molecular weight is 188 g/mol. The molecule has 0 rings (SSSR count). The number of carbonyl (C=O) groups is 2. The van der Waals surface area contributed by atoms with Crippen LogP contribution >= 0.6 is 0 Å². The van der Waals surface area contributed by atoms with E-state index >= 15 is 0 Å². The Balaban J connectivity index is 3.42. The van der Waals surface area contributed by atoms with Crippen molar-refractivity contribution in [2.45, 2.75) is 19.4 Å². The number of amides is 3. The van der Waals surface area contributed by atoms with Crippen molar-refractivity contribution in [3.63, 3.8) is 0 Å². The quantitative estimate of drug-likeness (QED) is 0.394. The molecule has 3 amide bonds. The van der Waals surface area contributed by atoms with Gasteiger partial charge in [0.25, 0.3) is 0 Å². The molecule has 0 aromatic rings. The van der Waals surface area contributed by atoms with Crippen LogP contribution in [0, 0.1) is 0 Å². The molecule has 13 heavy (non-hydrogen) atoms. The molecule has 6 nitrogen and oxygen atoms in total. The molecule has 0 radical (unpaired) electrons. The van der Waals surface area contributed by atoms with Gasteiger partial charge in [-0.3, -0.25) is 4.79 Å². The number of nitrogens with two attached hydrogens (primary N) is 2. The van der Waals surface area contributed by atoms with E-state index in [2.05, 4.69) is 10.6 Å². The van der Waals surface area contributed by atoms with E-state index in [-0.39, 0.29) is 5.91 Å². The molecule has 0 aliphatic heterocycles. The van der Waals surface area contributed by atoms with Crippen molar-refractivity contribution in [2.24, 2.45) is 11.5 Å². The number of carbonyl (C=O) groups excluding carboxylic acids is 2. The van der Waals surface area contributed by atoms with Gasteiger partial charge in [-0.2, -0.15) is 0 Å². The SMILES string of the molecule is CC[C@H](N)C(=O)NCCNC(N)=O. The van der Waals surface area contributed by atoms with Gasteiger partial charge in [-0.1, -0.05) is 6.92 Å². The minimum atomic E-state index is -0.603. The van der Waals surface area contributed by atoms with Crippen molar-refractivity contribution in [3.8, 4) is 0 Å². The molecule has 0 aliphatic rings. The highest BCUT2D eigenvalue weighted by Crippen LogP contribution is 1.83. The minimum Gasteiger partial charge on any atom is -0.353 e. The van der Waals surface area contributed by atoms with Crippen LogP contribution in [0.3, 0.4) is 0 Å². The van der Waals surface area contributed by atoms with E-state index in [1.165, 1.54) is 0 Å². The third kappa shape index (κ3) is 5.92. The Morgan fingerprint density at radius 3 is 2.31 bits per heavy atom. The van der Waals surface area contributed by atoms with Crippen LogP contribution in [0.2, 0.25) is 0 Å². The molecule has 6 N–H and O–H groups in total. The lowest BCUT2D eigenvalue weighted by Crippen LogP contribution is -2.43. The van der Waals surface area contributed by atoms with Crippen LogP contribution in [0.1, 0.15) is 13.3 Å². The smallest absolute Gasteiger partial charge is 0.312 e. The maximum atomic E-state index is 11.0. The maximum Gasteiger partial charge on any atom is 0.312 e. The van der Waals surface area contributed by atoms with Gasteiger partial charge in [-0.25, -0.2) is 4.79 Å². The molecule has 0 bridgehead atoms. The zero-order valence-electron chi connectivity index (χ0n) is 7.67. The molecule has 0 heterocycles. The van der Waals surface area contributed by atoms with Crippen LogP contribution < -0.4 is 22.1 Å². The normalized spacial score (nSPS) is 11.8. The Morgan fingerprint density at radius 1 is 1.31 bits per heavy atom. The Bertz CT molecular complexity index is 183. The van der Waals surface area contributed by atoms with Gasteiger partial charge in [0.15, 0.2) is 0 Å². The van der Waals surface area contributed by atoms with Crippen LogP contribution in [0.5, 0.6) is 0 Å². The first-order valence-electron chi connectivity index (χ1n) is 4.14. The van der Waals surface area contributed by atoms with Gasteiger partial charge in [0.05, 0.1) is 6.04 Å². The second-order valence-corrected chi connectivity index (χ2v) is 2.60. The summed E-state index contributed by atoms with van der Waals surface area (Å²) in [5, 5.41) is 4.90. The molecule has 0 saturated carbocycles. The van der Waals surface area contributed by atoms with Crippen molar-refractivity contribution in [3.05, 3.63) is 0 Å². The minimum absolute atomic E-state index is 0.214. The number of rotatable bonds is 5. The molecule has 1 atom stereocenters. The summed E-state index contributed by atoms with van der Waals surface area (Å²) in [4.78, 5) is 21.2. The summed E-state index contributed by atoms with van der Waals surface area (Å²) in [6, 6.07) is -1.08. The lowest BCUT2D eigenvalue weighted by atomic mass is 10.2. The van der Waals surface area contributed by atoms with Gasteiger partial charge in [0.2, 0.25) is 5.91 Å². The lowest BCUT2D eigenvalue weighted by Gasteiger charge is -2.09. The van der Waals surface area contributed by atoms with E-state index in [1.807, 2.05) is 6.92 Å². The van der Waals surface area contributed by atoms with Crippen LogP contribution in [0.25, 0.3) is 0 Å². The van der Waals surface area contributed by atoms with Gasteiger partial charge in [0, 0.05) is 13.1 Å². The fourth-order valence-corrected chi connectivity index (χ4v) is 0.688. The first-order valence-corrected chi connectivity index (χ1v) is 4.14. The van der Waals surface area contributed by atoms with Gasteiger partial charge in [-0.15, -0.1) is 0 Å². The van der Waals surface area contributed by atoms with Crippen molar-refractivity contribution in [1.82, 2.24) is 10.6 Å². The topological polar surface area (TPSA) is 110 Å². The first kappa shape index (κ1) is 11.7. The molecule has 0 unspecified atom stereocenters. The average Bonchev–Trinajstić information content (AvgIpc) is 2.10. The highest BCUT2D eigenvalue weighted by Gasteiger charge is 2.08. The Kier molecular flexibility index (Phi) is 5.62. The van der Waals surface area contributed by atoms with Crippen molar-refractivity contribution in [2.75, 3.05) is 13.1 Å². The summed E-state index contributed by atoms with van der Waals surface area (Å²) in [5.41, 5.74) is 10.2. The summed E-state index contributed by atoms with van der Waals surface area (Å²) in [7, 11) is 0. The van der Waals surface area contributed by atoms with E-state index in [9.17, 15) is 9.59 Å². The van der Waals surface area contributed by atoms with E-state index < -0.39 is 12.1 Å². The van der Waals surface area contributed by atoms with Gasteiger partial charge < -0.3 is 22.1 Å². The highest BCUT2D eigenvalue weighted by molar-refractivity contribution is 5.81. The maximum absolute atomic E-state index is 11.0. The molecule has 6 heteroatoms. The molecule has 0 fully saturated rings. The molecule has 0 aliphatic carbocycles. The Morgan fingerprint density at radius 2 is 1.85 bits per heavy atom. The van der Waals surface area contributed by atoms with Crippen molar-refractivity contribution in [1.29, 1.82) is 0 Å². The summed E-state index contributed by atoms with van der Waals surface area (Å²) >= 11 is 0. The molecule has 0 aromatic heterocycles. The molecule has 0 spiro atoms. The number of hydrogen-bond donors (Lipinski definition) is 4. The summed E-state index contributed by atoms with van der Waals surface area (Å²) in [6.45, 7) is 2.49. The van der Waals surface area contributed by atoms with Crippen LogP contribution in [0.4, 0.5) is 4.79 Å². The molecule has 0 aromatic carbocycles. The van der Waals surface area contributed by atoms with Crippen LogP contribution in [-0.2, 0) is 4.79 Å². The predicted molar refractivity (Wildman–Crippen MR) is 48.9 cm³/mol. The van der Waals surface area contributed by atoms with Crippen LogP contribution in [-0.4, -0.2) is 31.1 Å². The third-order valence-electron chi connectivity index (χ3n) is 1.50. The number of primary amides is 1. The van der Waals surface area contributed by atoms with Gasteiger partial charge in [-0.05, 0) is 6.42 Å². The molecule has 0 saturated heterocycles. The highest BCUT2D eigenvalue weighted by atomic mass is 16.2. The summed E-state index contributed by atoms with van der Waals surface area (Å²) in [5.74, 6) is -0.214. The van der Waals surface area contributed by atoms with Gasteiger partial charge in [0.1, 0.15) is 0 Å². The molecular weight excluding hydrogens is 172 g/mol. The summed E-state index contributed by atoms with van der Waals surface area (Å²) < 4.78 is 0. The second kappa shape index (κ2) is 6.24. The van der Waals surface area contributed by atoms with Crippen molar-refractivity contribution >= 4 is 11.9 Å². The standard InChI is InChI=1S/C7H16N4O2/c1-2-5(8)6(12)10-3-4-11-7(9)13/h5H,2-4,8H2,1H3,(H,10,12)(H3,9,11,13)/t5-/m0/s1. The zero-order valence-corrected chi connectivity index (χ0v) is 7.67. The first-order chi connectivity index (χ1) is 6.07. The fourth-order valence-electron chi connectivity index (χ4n) is 0.688. The van der Waals surface area contributed by atoms with Crippen molar-refractivity contribution < 1.29 is 9.59 Å². The fraction of sp³-hybridized carbons (Fsp3) is 0.714. The largest absolute Gasteiger partial charge is 0.353 e. The Hall–Kier alpha value is -1.30. The lowest BCUT2D eigenvalue weighted by molar-refractivity contribution is -0.122. The zero-order chi connectivity index (χ0) is 10.3. The monoisotopic (exact) mass is 188 g/mol. The van der Waals surface area contributed by atoms with E-state index in [0.717, 1.165) is 0 Å². The predicted octanol–water partition coefficient (Wildman–Crippen LogP) is -1.49. The van der Waals surface area contributed by atoms with E-state index in [1.54, 1.807) is 0 Å². The number of nitrogens with one attached hydrogen (secondary N) is 2. The van der Waals surface area contributed by atoms with E-state index in [0.29, 0.717) is 19.5 Å². The van der Waals surface area contributed by atoms with Crippen LogP contribution in [0.15, 0.2) is 0 Å². The van der Waals surface area contributed by atoms with Gasteiger partial charge >= 0.3 is 6.03 Å². The number of hydrogen-bond acceptors (Lipinski definition) is 3. The second-order valence-electron chi connectivity index (χ2n) is 2.60.